The quantitative estimate of drug-likeness (QED) is 0.823. The Morgan fingerprint density at radius 1 is 1.40 bits per heavy atom. The second kappa shape index (κ2) is 6.83. The molecule has 2 unspecified atom stereocenters. The van der Waals surface area contributed by atoms with E-state index >= 15 is 0 Å². The van der Waals surface area contributed by atoms with Crippen LogP contribution in [-0.4, -0.2) is 14.8 Å². The van der Waals surface area contributed by atoms with Crippen LogP contribution in [0.25, 0.3) is 0 Å². The molecular formula is C14H18Br2N4. The van der Waals surface area contributed by atoms with Crippen LogP contribution in [0.4, 0.5) is 0 Å². The highest BCUT2D eigenvalue weighted by molar-refractivity contribution is 9.11. The van der Waals surface area contributed by atoms with Crippen molar-refractivity contribution in [1.82, 2.24) is 14.8 Å². The molecule has 0 saturated carbocycles. The third-order valence-corrected chi connectivity index (χ3v) is 4.39. The fraction of sp³-hybridized carbons (Fsp3) is 0.429. The van der Waals surface area contributed by atoms with Crippen LogP contribution in [0.1, 0.15) is 43.7 Å². The predicted molar refractivity (Wildman–Crippen MR) is 87.5 cm³/mol. The largest absolute Gasteiger partial charge is 0.322 e. The summed E-state index contributed by atoms with van der Waals surface area (Å²) in [6.45, 7) is 4.31. The van der Waals surface area contributed by atoms with Crippen molar-refractivity contribution in [2.75, 3.05) is 0 Å². The summed E-state index contributed by atoms with van der Waals surface area (Å²) in [6.07, 6.45) is 5.52. The van der Waals surface area contributed by atoms with E-state index in [1.54, 1.807) is 6.20 Å². The summed E-state index contributed by atoms with van der Waals surface area (Å²) in [5.41, 5.74) is 8.09. The molecule has 0 saturated heterocycles. The highest BCUT2D eigenvalue weighted by Gasteiger charge is 2.15. The molecule has 0 aromatic carbocycles. The molecule has 0 aliphatic rings. The van der Waals surface area contributed by atoms with Crippen LogP contribution in [0.3, 0.4) is 0 Å². The molecular weight excluding hydrogens is 384 g/mol. The van der Waals surface area contributed by atoms with Gasteiger partial charge in [0.15, 0.2) is 0 Å². The first-order chi connectivity index (χ1) is 9.51. The molecule has 2 heterocycles. The van der Waals surface area contributed by atoms with Gasteiger partial charge in [-0.2, -0.15) is 5.10 Å². The second-order valence-corrected chi connectivity index (χ2v) is 6.65. The topological polar surface area (TPSA) is 56.7 Å². The first-order valence-corrected chi connectivity index (χ1v) is 8.20. The smallest absolute Gasteiger partial charge is 0.0717 e. The lowest BCUT2D eigenvalue weighted by atomic mass is 10.1. The van der Waals surface area contributed by atoms with Gasteiger partial charge in [0, 0.05) is 33.8 Å². The second-order valence-electron chi connectivity index (χ2n) is 4.88. The first-order valence-electron chi connectivity index (χ1n) is 6.61. The van der Waals surface area contributed by atoms with Gasteiger partial charge >= 0.3 is 0 Å². The molecule has 2 N–H and O–H groups in total. The van der Waals surface area contributed by atoms with Crippen LogP contribution in [0.15, 0.2) is 33.5 Å². The molecule has 0 fully saturated rings. The van der Waals surface area contributed by atoms with Crippen molar-refractivity contribution in [1.29, 1.82) is 0 Å². The van der Waals surface area contributed by atoms with Crippen molar-refractivity contribution in [2.45, 2.75) is 38.8 Å². The van der Waals surface area contributed by atoms with E-state index < -0.39 is 0 Å². The van der Waals surface area contributed by atoms with Gasteiger partial charge in [-0.15, -0.1) is 0 Å². The fourth-order valence-electron chi connectivity index (χ4n) is 1.94. The Bertz CT molecular complexity index is 582. The third-order valence-electron chi connectivity index (χ3n) is 3.32. The van der Waals surface area contributed by atoms with Crippen molar-refractivity contribution < 1.29 is 0 Å². The first kappa shape index (κ1) is 15.7. The van der Waals surface area contributed by atoms with Crippen LogP contribution in [0.2, 0.25) is 0 Å². The zero-order chi connectivity index (χ0) is 14.7. The Balaban J connectivity index is 2.11. The van der Waals surface area contributed by atoms with Gasteiger partial charge in [-0.1, -0.05) is 6.92 Å². The van der Waals surface area contributed by atoms with Gasteiger partial charge in [0.25, 0.3) is 0 Å². The van der Waals surface area contributed by atoms with Crippen molar-refractivity contribution in [2.24, 2.45) is 5.73 Å². The standard InChI is InChI=1S/C14H18Br2N4/c1-3-9(2)20-5-4-11(19-20)7-13(17)14-12(16)6-10(15)8-18-14/h4-6,8-9,13H,3,7,17H2,1-2H3. The summed E-state index contributed by atoms with van der Waals surface area (Å²) in [5.74, 6) is 0. The van der Waals surface area contributed by atoms with Crippen LogP contribution >= 0.6 is 31.9 Å². The van der Waals surface area contributed by atoms with Crippen molar-refractivity contribution >= 4 is 31.9 Å². The lowest BCUT2D eigenvalue weighted by Gasteiger charge is -2.12. The molecule has 0 bridgehead atoms. The summed E-state index contributed by atoms with van der Waals surface area (Å²) < 4.78 is 3.84. The molecule has 2 aromatic heterocycles. The molecule has 2 aromatic rings. The molecule has 2 rings (SSSR count). The number of nitrogens with zero attached hydrogens (tertiary/aromatic N) is 3. The molecule has 0 radical (unpaired) electrons. The van der Waals surface area contributed by atoms with Crippen molar-refractivity contribution in [3.63, 3.8) is 0 Å². The lowest BCUT2D eigenvalue weighted by molar-refractivity contribution is 0.471. The minimum Gasteiger partial charge on any atom is -0.322 e. The van der Waals surface area contributed by atoms with Crippen LogP contribution < -0.4 is 5.73 Å². The summed E-state index contributed by atoms with van der Waals surface area (Å²) in [5, 5.41) is 4.58. The maximum absolute atomic E-state index is 6.24. The minimum absolute atomic E-state index is 0.169. The van der Waals surface area contributed by atoms with Crippen LogP contribution in [0, 0.1) is 0 Å². The van der Waals surface area contributed by atoms with Crippen molar-refractivity contribution in [3.8, 4) is 0 Å². The Kier molecular flexibility index (Phi) is 5.35. The number of nitrogens with two attached hydrogens (primary N) is 1. The molecule has 0 amide bonds. The fourth-order valence-corrected chi connectivity index (χ4v) is 3.22. The third kappa shape index (κ3) is 3.68. The maximum Gasteiger partial charge on any atom is 0.0717 e. The lowest BCUT2D eigenvalue weighted by Crippen LogP contribution is -2.16. The van der Waals surface area contributed by atoms with Crippen LogP contribution in [-0.2, 0) is 6.42 Å². The molecule has 4 nitrogen and oxygen atoms in total. The molecule has 20 heavy (non-hydrogen) atoms. The molecule has 6 heteroatoms. The molecule has 108 valence electrons. The van der Waals surface area contributed by atoms with E-state index in [-0.39, 0.29) is 6.04 Å². The summed E-state index contributed by atoms with van der Waals surface area (Å²) in [4.78, 5) is 4.38. The number of rotatable bonds is 5. The molecule has 0 spiro atoms. The van der Waals surface area contributed by atoms with E-state index in [9.17, 15) is 0 Å². The minimum atomic E-state index is -0.169. The Labute approximate surface area is 136 Å². The number of halogens is 2. The molecule has 2 atom stereocenters. The normalized spacial score (nSPS) is 14.2. The summed E-state index contributed by atoms with van der Waals surface area (Å²) in [7, 11) is 0. The molecule has 0 aliphatic carbocycles. The SMILES string of the molecule is CCC(C)n1ccc(CC(N)c2ncc(Br)cc2Br)n1. The van der Waals surface area contributed by atoms with Gasteiger partial charge < -0.3 is 5.73 Å². The van der Waals surface area contributed by atoms with Gasteiger partial charge in [0.2, 0.25) is 0 Å². The summed E-state index contributed by atoms with van der Waals surface area (Å²) in [6, 6.07) is 4.23. The van der Waals surface area contributed by atoms with Gasteiger partial charge in [-0.25, -0.2) is 0 Å². The van der Waals surface area contributed by atoms with Gasteiger partial charge in [-0.05, 0) is 57.3 Å². The maximum atomic E-state index is 6.24. The van der Waals surface area contributed by atoms with Gasteiger partial charge in [0.05, 0.1) is 17.4 Å². The highest BCUT2D eigenvalue weighted by Crippen LogP contribution is 2.25. The number of pyridine rings is 1. The predicted octanol–water partition coefficient (Wildman–Crippen LogP) is 4.02. The van der Waals surface area contributed by atoms with Crippen LogP contribution in [0.5, 0.6) is 0 Å². The number of hydrogen-bond donors (Lipinski definition) is 1. The Morgan fingerprint density at radius 2 is 2.15 bits per heavy atom. The highest BCUT2D eigenvalue weighted by atomic mass is 79.9. The Morgan fingerprint density at radius 3 is 2.80 bits per heavy atom. The van der Waals surface area contributed by atoms with E-state index in [0.717, 1.165) is 26.8 Å². The average Bonchev–Trinajstić information content (AvgIpc) is 2.86. The Hall–Kier alpha value is -0.720. The monoisotopic (exact) mass is 400 g/mol. The number of hydrogen-bond acceptors (Lipinski definition) is 3. The summed E-state index contributed by atoms with van der Waals surface area (Å²) >= 11 is 6.89. The zero-order valence-electron chi connectivity index (χ0n) is 11.6. The van der Waals surface area contributed by atoms with E-state index in [1.807, 2.05) is 23.0 Å². The van der Waals surface area contributed by atoms with E-state index in [1.165, 1.54) is 0 Å². The van der Waals surface area contributed by atoms with E-state index in [0.29, 0.717) is 12.5 Å². The van der Waals surface area contributed by atoms with Crippen molar-refractivity contribution in [3.05, 3.63) is 44.9 Å². The van der Waals surface area contributed by atoms with E-state index in [2.05, 4.69) is 55.8 Å². The van der Waals surface area contributed by atoms with Gasteiger partial charge in [0.1, 0.15) is 0 Å². The number of aromatic nitrogens is 3. The average molecular weight is 402 g/mol. The van der Waals surface area contributed by atoms with Gasteiger partial charge in [-0.3, -0.25) is 9.67 Å². The zero-order valence-corrected chi connectivity index (χ0v) is 14.7. The molecule has 0 aliphatic heterocycles. The van der Waals surface area contributed by atoms with E-state index in [4.69, 9.17) is 5.73 Å².